The molecule has 1 heterocycles. The molecular formula is C18H18O6. The Kier molecular flexibility index (Phi) is 3.75. The molecule has 0 unspecified atom stereocenters. The zero-order valence-corrected chi connectivity index (χ0v) is 13.6. The van der Waals surface area contributed by atoms with E-state index >= 15 is 0 Å². The van der Waals surface area contributed by atoms with Crippen molar-refractivity contribution in [1.29, 1.82) is 0 Å². The molecule has 2 aromatic carbocycles. The highest BCUT2D eigenvalue weighted by Gasteiger charge is 2.35. The molecule has 6 nitrogen and oxygen atoms in total. The van der Waals surface area contributed by atoms with Gasteiger partial charge in [-0.3, -0.25) is 4.79 Å². The molecule has 0 aliphatic carbocycles. The smallest absolute Gasteiger partial charge is 0.174 e. The van der Waals surface area contributed by atoms with E-state index in [0.717, 1.165) is 0 Å². The number of ether oxygens (including phenoxy) is 2. The van der Waals surface area contributed by atoms with Crippen LogP contribution in [0.1, 0.15) is 39.6 Å². The number of hydrogen-bond donors (Lipinski definition) is 3. The van der Waals surface area contributed by atoms with Gasteiger partial charge in [-0.1, -0.05) is 12.1 Å². The van der Waals surface area contributed by atoms with Gasteiger partial charge in [0.25, 0.3) is 0 Å². The second kappa shape index (κ2) is 5.63. The van der Waals surface area contributed by atoms with Gasteiger partial charge in [0, 0.05) is 16.7 Å². The molecule has 126 valence electrons. The maximum Gasteiger partial charge on any atom is 0.174 e. The van der Waals surface area contributed by atoms with Crippen molar-refractivity contribution in [3.63, 3.8) is 0 Å². The van der Waals surface area contributed by atoms with Crippen LogP contribution < -0.4 is 9.47 Å². The molecule has 1 atom stereocenters. The van der Waals surface area contributed by atoms with Crippen molar-refractivity contribution in [3.05, 3.63) is 40.5 Å². The summed E-state index contributed by atoms with van der Waals surface area (Å²) in [6.45, 7) is 3.15. The molecule has 1 aliphatic heterocycles. The van der Waals surface area contributed by atoms with Gasteiger partial charge in [0.1, 0.15) is 28.9 Å². The summed E-state index contributed by atoms with van der Waals surface area (Å²) in [6.07, 6.45) is -0.773. The van der Waals surface area contributed by atoms with Crippen LogP contribution in [0, 0.1) is 13.8 Å². The summed E-state index contributed by atoms with van der Waals surface area (Å²) in [5.41, 5.74) is 1.10. The van der Waals surface area contributed by atoms with Crippen LogP contribution in [0.2, 0.25) is 0 Å². The summed E-state index contributed by atoms with van der Waals surface area (Å²) in [6, 6.07) is 4.93. The summed E-state index contributed by atoms with van der Waals surface area (Å²) in [7, 11) is 1.43. The molecule has 3 N–H and O–H groups in total. The van der Waals surface area contributed by atoms with E-state index in [4.69, 9.17) is 9.47 Å². The second-order valence-corrected chi connectivity index (χ2v) is 5.78. The zero-order valence-electron chi connectivity index (χ0n) is 13.6. The lowest BCUT2D eigenvalue weighted by atomic mass is 9.91. The van der Waals surface area contributed by atoms with Crippen LogP contribution in [-0.2, 0) is 0 Å². The number of carbonyl (C=O) groups is 1. The minimum absolute atomic E-state index is 0.0368. The van der Waals surface area contributed by atoms with E-state index < -0.39 is 6.10 Å². The maximum atomic E-state index is 12.5. The number of ketones is 1. The zero-order chi connectivity index (χ0) is 17.6. The first-order valence-corrected chi connectivity index (χ1v) is 7.47. The first kappa shape index (κ1) is 16.0. The van der Waals surface area contributed by atoms with Crippen LogP contribution in [0.15, 0.2) is 18.2 Å². The highest BCUT2D eigenvalue weighted by Crippen LogP contribution is 2.48. The number of aromatic hydroxyl groups is 3. The molecular weight excluding hydrogens is 312 g/mol. The van der Waals surface area contributed by atoms with E-state index in [9.17, 15) is 20.1 Å². The maximum absolute atomic E-state index is 12.5. The van der Waals surface area contributed by atoms with Crippen molar-refractivity contribution in [3.8, 4) is 28.7 Å². The van der Waals surface area contributed by atoms with Crippen LogP contribution in [0.3, 0.4) is 0 Å². The number of Topliss-reactive ketones (excluding diaryl/α,β-unsaturated/α-hetero) is 1. The molecule has 3 rings (SSSR count). The van der Waals surface area contributed by atoms with Crippen LogP contribution in [-0.4, -0.2) is 28.2 Å². The molecule has 6 heteroatoms. The van der Waals surface area contributed by atoms with Crippen LogP contribution >= 0.6 is 0 Å². The third-order valence-electron chi connectivity index (χ3n) is 4.38. The molecule has 0 fully saturated rings. The summed E-state index contributed by atoms with van der Waals surface area (Å²) >= 11 is 0. The Balaban J connectivity index is 2.13. The SMILES string of the molecule is COc1cccc([C@@H]2CC(=O)c3c(O)c(C)c(O)c(C)c3O2)c1O. The van der Waals surface area contributed by atoms with Crippen molar-refractivity contribution in [1.82, 2.24) is 0 Å². The minimum Gasteiger partial charge on any atom is -0.507 e. The molecule has 0 radical (unpaired) electrons. The van der Waals surface area contributed by atoms with Gasteiger partial charge < -0.3 is 24.8 Å². The van der Waals surface area contributed by atoms with Gasteiger partial charge in [0.05, 0.1) is 13.5 Å². The molecule has 1 aliphatic rings. The summed E-state index contributed by atoms with van der Waals surface area (Å²) in [5.74, 6) is -0.382. The third kappa shape index (κ3) is 2.22. The highest BCUT2D eigenvalue weighted by atomic mass is 16.5. The number of rotatable bonds is 2. The second-order valence-electron chi connectivity index (χ2n) is 5.78. The minimum atomic E-state index is -0.736. The Bertz CT molecular complexity index is 840. The molecule has 0 aromatic heterocycles. The molecule has 0 spiro atoms. The van der Waals surface area contributed by atoms with E-state index in [2.05, 4.69) is 0 Å². The van der Waals surface area contributed by atoms with Crippen LogP contribution in [0.25, 0.3) is 0 Å². The normalized spacial score (nSPS) is 16.5. The standard InChI is InChI=1S/C18H18O6/c1-8-15(20)9(2)18-14(16(8)21)11(19)7-13(24-18)10-5-4-6-12(23-3)17(10)22/h4-6,13,20-22H,7H2,1-3H3/t13-/m0/s1. The van der Waals surface area contributed by atoms with Gasteiger partial charge in [-0.25, -0.2) is 0 Å². The Morgan fingerprint density at radius 3 is 2.46 bits per heavy atom. The Morgan fingerprint density at radius 1 is 1.08 bits per heavy atom. The van der Waals surface area contributed by atoms with Crippen molar-refractivity contribution in [2.24, 2.45) is 0 Å². The lowest BCUT2D eigenvalue weighted by Crippen LogP contribution is -2.22. The largest absolute Gasteiger partial charge is 0.507 e. The van der Waals surface area contributed by atoms with Crippen molar-refractivity contribution < 1.29 is 29.6 Å². The first-order valence-electron chi connectivity index (χ1n) is 7.47. The number of phenolic OH excluding ortho intramolecular Hbond substituents is 3. The quantitative estimate of drug-likeness (QED) is 0.783. The van der Waals surface area contributed by atoms with Crippen molar-refractivity contribution >= 4 is 5.78 Å². The van der Waals surface area contributed by atoms with E-state index in [1.54, 1.807) is 25.1 Å². The van der Waals surface area contributed by atoms with Crippen LogP contribution in [0.4, 0.5) is 0 Å². The van der Waals surface area contributed by atoms with Crippen molar-refractivity contribution in [2.75, 3.05) is 7.11 Å². The Hall–Kier alpha value is -2.89. The Labute approximate surface area is 138 Å². The lowest BCUT2D eigenvalue weighted by molar-refractivity contribution is 0.0839. The van der Waals surface area contributed by atoms with E-state index in [1.165, 1.54) is 14.0 Å². The number of hydrogen-bond acceptors (Lipinski definition) is 6. The molecule has 0 amide bonds. The van der Waals surface area contributed by atoms with Gasteiger partial charge in [0.2, 0.25) is 0 Å². The lowest BCUT2D eigenvalue weighted by Gasteiger charge is -2.29. The topological polar surface area (TPSA) is 96.2 Å². The fourth-order valence-electron chi connectivity index (χ4n) is 2.98. The fourth-order valence-corrected chi connectivity index (χ4v) is 2.98. The van der Waals surface area contributed by atoms with Crippen molar-refractivity contribution in [2.45, 2.75) is 26.4 Å². The Morgan fingerprint density at radius 2 is 1.79 bits per heavy atom. The van der Waals surface area contributed by atoms with Gasteiger partial charge in [-0.2, -0.15) is 0 Å². The van der Waals surface area contributed by atoms with Gasteiger partial charge in [-0.05, 0) is 19.9 Å². The third-order valence-corrected chi connectivity index (χ3v) is 4.38. The van der Waals surface area contributed by atoms with E-state index in [-0.39, 0.29) is 52.1 Å². The number of methoxy groups -OCH3 is 1. The predicted octanol–water partition coefficient (Wildman–Crippen LogP) is 3.14. The van der Waals surface area contributed by atoms with Gasteiger partial charge >= 0.3 is 0 Å². The number of carbonyl (C=O) groups excluding carboxylic acids is 1. The van der Waals surface area contributed by atoms with Gasteiger partial charge in [-0.15, -0.1) is 0 Å². The molecule has 0 bridgehead atoms. The molecule has 2 aromatic rings. The number of fused-ring (bicyclic) bond motifs is 1. The summed E-state index contributed by atoms with van der Waals surface area (Å²) in [4.78, 5) is 12.5. The van der Waals surface area contributed by atoms with E-state index in [0.29, 0.717) is 11.1 Å². The monoisotopic (exact) mass is 330 g/mol. The molecule has 0 saturated heterocycles. The molecule has 24 heavy (non-hydrogen) atoms. The highest BCUT2D eigenvalue weighted by molar-refractivity contribution is 6.03. The number of para-hydroxylation sites is 1. The van der Waals surface area contributed by atoms with Gasteiger partial charge in [0.15, 0.2) is 17.3 Å². The average molecular weight is 330 g/mol. The predicted molar refractivity (Wildman–Crippen MR) is 86.2 cm³/mol. The summed E-state index contributed by atoms with van der Waals surface area (Å²) in [5, 5.41) is 30.6. The first-order chi connectivity index (χ1) is 11.4. The van der Waals surface area contributed by atoms with E-state index in [1.807, 2.05) is 0 Å². The van der Waals surface area contributed by atoms with Crippen LogP contribution in [0.5, 0.6) is 28.7 Å². The fraction of sp³-hybridized carbons (Fsp3) is 0.278. The molecule has 0 saturated carbocycles. The number of phenols is 3. The number of benzene rings is 2. The average Bonchev–Trinajstić information content (AvgIpc) is 2.57. The summed E-state index contributed by atoms with van der Waals surface area (Å²) < 4.78 is 10.9.